The molecule has 166 valence electrons. The Morgan fingerprint density at radius 2 is 1.81 bits per heavy atom. The van der Waals surface area contributed by atoms with Gasteiger partial charge in [0, 0.05) is 29.7 Å². The van der Waals surface area contributed by atoms with E-state index in [1.165, 1.54) is 12.1 Å². The van der Waals surface area contributed by atoms with E-state index in [9.17, 15) is 18.0 Å². The van der Waals surface area contributed by atoms with Gasteiger partial charge in [-0.1, -0.05) is 18.2 Å². The number of rotatable bonds is 5. The molecule has 2 amide bonds. The number of carbonyl (C=O) groups excluding carboxylic acids is 1. The number of amides is 2. The molecule has 0 saturated carbocycles. The van der Waals surface area contributed by atoms with E-state index >= 15 is 0 Å². The summed E-state index contributed by atoms with van der Waals surface area (Å²) < 4.78 is 40.1. The van der Waals surface area contributed by atoms with E-state index in [2.05, 4.69) is 20.7 Å². The molecular weight excluding hydrogens is 423 g/mol. The maximum absolute atomic E-state index is 12.8. The number of nitrogens with zero attached hydrogens (tertiary/aromatic N) is 3. The molecule has 0 aliphatic rings. The normalized spacial score (nSPS) is 11.8. The van der Waals surface area contributed by atoms with Crippen LogP contribution < -0.4 is 16.4 Å². The van der Waals surface area contributed by atoms with E-state index in [-0.39, 0.29) is 11.5 Å². The van der Waals surface area contributed by atoms with Crippen molar-refractivity contribution in [2.75, 3.05) is 10.6 Å². The average Bonchev–Trinajstić information content (AvgIpc) is 3.03. The molecule has 0 fully saturated rings. The van der Waals surface area contributed by atoms with Crippen LogP contribution in [-0.2, 0) is 13.2 Å². The van der Waals surface area contributed by atoms with Crippen LogP contribution in [0.5, 0.6) is 0 Å². The fourth-order valence-electron chi connectivity index (χ4n) is 3.03. The first-order chi connectivity index (χ1) is 15.1. The van der Waals surface area contributed by atoms with Crippen molar-refractivity contribution in [1.29, 1.82) is 5.41 Å². The second-order valence-corrected chi connectivity index (χ2v) is 6.81. The highest BCUT2D eigenvalue weighted by Crippen LogP contribution is 2.31. The van der Waals surface area contributed by atoms with Crippen LogP contribution in [0.15, 0.2) is 53.5 Å². The number of amidine groups is 1. The number of hydrogen-bond donors (Lipinski definition) is 4. The Hall–Kier alpha value is -4.15. The minimum atomic E-state index is -4.50. The van der Waals surface area contributed by atoms with E-state index in [4.69, 9.17) is 11.1 Å². The van der Waals surface area contributed by atoms with Gasteiger partial charge in [0.2, 0.25) is 0 Å². The van der Waals surface area contributed by atoms with Gasteiger partial charge in [-0.2, -0.15) is 18.3 Å². The van der Waals surface area contributed by atoms with Gasteiger partial charge >= 0.3 is 12.2 Å². The number of urea groups is 1. The lowest BCUT2D eigenvalue weighted by Gasteiger charge is -2.11. The predicted octanol–water partition coefficient (Wildman–Crippen LogP) is 4.37. The summed E-state index contributed by atoms with van der Waals surface area (Å²) in [7, 11) is 1.76. The van der Waals surface area contributed by atoms with Crippen molar-refractivity contribution in [3.05, 3.63) is 65.4 Å². The van der Waals surface area contributed by atoms with Crippen molar-refractivity contribution in [3.63, 3.8) is 0 Å². The summed E-state index contributed by atoms with van der Waals surface area (Å²) in [6.45, 7) is 1.83. The number of alkyl halides is 3. The number of aliphatic imine (C=N–C) groups is 1. The molecule has 0 aliphatic carbocycles. The SMILES string of the molecule is Cc1c(C(N)=NC=N)c(-c2ccc(NC(=O)Nc3cccc(C(F)(F)F)c3)cc2)nn1C. The van der Waals surface area contributed by atoms with Gasteiger partial charge in [0.05, 0.1) is 11.1 Å². The first kappa shape index (κ1) is 22.5. The second kappa shape index (κ2) is 8.92. The van der Waals surface area contributed by atoms with E-state index in [0.717, 1.165) is 24.2 Å². The van der Waals surface area contributed by atoms with Crippen molar-refractivity contribution >= 4 is 29.6 Å². The number of anilines is 2. The third kappa shape index (κ3) is 4.94. The number of hydrogen-bond acceptors (Lipinski definition) is 3. The van der Waals surface area contributed by atoms with Crippen LogP contribution in [-0.4, -0.2) is 28.0 Å². The van der Waals surface area contributed by atoms with Gasteiger partial charge < -0.3 is 16.4 Å². The van der Waals surface area contributed by atoms with Gasteiger partial charge in [-0.05, 0) is 37.3 Å². The van der Waals surface area contributed by atoms with E-state index in [1.54, 1.807) is 36.0 Å². The molecule has 0 aliphatic heterocycles. The topological polar surface area (TPSA) is 121 Å². The highest BCUT2D eigenvalue weighted by molar-refractivity contribution is 6.06. The number of nitrogens with two attached hydrogens (primary N) is 1. The lowest BCUT2D eigenvalue weighted by molar-refractivity contribution is -0.137. The fraction of sp³-hybridized carbons (Fsp3) is 0.143. The molecular formula is C21H20F3N7O. The number of benzene rings is 2. The molecule has 0 saturated heterocycles. The van der Waals surface area contributed by atoms with Crippen LogP contribution in [0.25, 0.3) is 11.3 Å². The lowest BCUT2D eigenvalue weighted by Crippen LogP contribution is -2.19. The second-order valence-electron chi connectivity index (χ2n) is 6.81. The molecule has 3 aromatic rings. The molecule has 1 heterocycles. The van der Waals surface area contributed by atoms with Gasteiger partial charge in [-0.25, -0.2) is 9.79 Å². The van der Waals surface area contributed by atoms with Crippen molar-refractivity contribution in [3.8, 4) is 11.3 Å². The Kier molecular flexibility index (Phi) is 6.28. The third-order valence-electron chi connectivity index (χ3n) is 4.66. The molecule has 2 aromatic carbocycles. The number of carbonyl (C=O) groups is 1. The lowest BCUT2D eigenvalue weighted by atomic mass is 10.0. The molecule has 1 aromatic heterocycles. The molecule has 0 bridgehead atoms. The fourth-order valence-corrected chi connectivity index (χ4v) is 3.03. The van der Waals surface area contributed by atoms with Gasteiger partial charge in [0.25, 0.3) is 0 Å². The van der Waals surface area contributed by atoms with Crippen LogP contribution in [0.3, 0.4) is 0 Å². The number of nitrogens with one attached hydrogen (secondary N) is 3. The Labute approximate surface area is 181 Å². The largest absolute Gasteiger partial charge is 0.416 e. The van der Waals surface area contributed by atoms with Crippen molar-refractivity contribution < 1.29 is 18.0 Å². The molecule has 5 N–H and O–H groups in total. The van der Waals surface area contributed by atoms with E-state index in [1.807, 2.05) is 6.92 Å². The number of aryl methyl sites for hydroxylation is 1. The summed E-state index contributed by atoms with van der Waals surface area (Å²) >= 11 is 0. The summed E-state index contributed by atoms with van der Waals surface area (Å²) in [6, 6.07) is 10.3. The predicted molar refractivity (Wildman–Crippen MR) is 117 cm³/mol. The van der Waals surface area contributed by atoms with Crippen molar-refractivity contribution in [2.45, 2.75) is 13.1 Å². The monoisotopic (exact) mass is 443 g/mol. The third-order valence-corrected chi connectivity index (χ3v) is 4.66. The zero-order valence-electron chi connectivity index (χ0n) is 17.2. The standard InChI is InChI=1S/C21H20F3N7O/c1-12-17(19(26)27-11-25)18(30-31(12)2)13-6-8-15(9-7-13)28-20(32)29-16-5-3-4-14(10-16)21(22,23)24/h3-11H,1-2H3,(H3,25,26,27)(H2,28,29,32). The van der Waals surface area contributed by atoms with Crippen LogP contribution in [0.4, 0.5) is 29.3 Å². The molecule has 11 heteroatoms. The highest BCUT2D eigenvalue weighted by atomic mass is 19.4. The van der Waals surface area contributed by atoms with Gasteiger partial charge in [0.1, 0.15) is 17.9 Å². The summed E-state index contributed by atoms with van der Waals surface area (Å²) in [6.07, 6.45) is -3.65. The minimum Gasteiger partial charge on any atom is -0.383 e. The first-order valence-electron chi connectivity index (χ1n) is 9.32. The summed E-state index contributed by atoms with van der Waals surface area (Å²) in [5, 5.41) is 16.5. The number of halogens is 3. The zero-order chi connectivity index (χ0) is 23.5. The minimum absolute atomic E-state index is 0.0171. The van der Waals surface area contributed by atoms with Crippen LogP contribution in [0.2, 0.25) is 0 Å². The van der Waals surface area contributed by atoms with Gasteiger partial charge in [-0.15, -0.1) is 0 Å². The summed E-state index contributed by atoms with van der Waals surface area (Å²) in [5.74, 6) is 0.156. The van der Waals surface area contributed by atoms with E-state index < -0.39 is 17.8 Å². The smallest absolute Gasteiger partial charge is 0.383 e. The highest BCUT2D eigenvalue weighted by Gasteiger charge is 2.30. The molecule has 0 radical (unpaired) electrons. The summed E-state index contributed by atoms with van der Waals surface area (Å²) in [4.78, 5) is 16.0. The van der Waals surface area contributed by atoms with Crippen molar-refractivity contribution in [2.24, 2.45) is 17.8 Å². The number of aromatic nitrogens is 2. The van der Waals surface area contributed by atoms with Gasteiger partial charge in [0.15, 0.2) is 0 Å². The molecule has 3 rings (SSSR count). The first-order valence-corrected chi connectivity index (χ1v) is 9.32. The molecule has 0 unspecified atom stereocenters. The molecule has 0 atom stereocenters. The quantitative estimate of drug-likeness (QED) is 0.346. The summed E-state index contributed by atoms with van der Waals surface area (Å²) in [5.41, 5.74) is 8.19. The van der Waals surface area contributed by atoms with E-state index in [0.29, 0.717) is 22.5 Å². The van der Waals surface area contributed by atoms with Crippen molar-refractivity contribution in [1.82, 2.24) is 9.78 Å². The van der Waals surface area contributed by atoms with Crippen LogP contribution >= 0.6 is 0 Å². The molecule has 8 nitrogen and oxygen atoms in total. The Morgan fingerprint density at radius 3 is 2.44 bits per heavy atom. The molecule has 32 heavy (non-hydrogen) atoms. The Morgan fingerprint density at radius 1 is 1.16 bits per heavy atom. The zero-order valence-corrected chi connectivity index (χ0v) is 17.2. The Balaban J connectivity index is 1.76. The molecule has 0 spiro atoms. The van der Waals surface area contributed by atoms with Gasteiger partial charge in [-0.3, -0.25) is 10.1 Å². The average molecular weight is 443 g/mol. The van der Waals surface area contributed by atoms with Crippen LogP contribution in [0.1, 0.15) is 16.8 Å². The Bertz CT molecular complexity index is 1180. The maximum atomic E-state index is 12.8. The maximum Gasteiger partial charge on any atom is 0.416 e. The van der Waals surface area contributed by atoms with Crippen LogP contribution in [0, 0.1) is 12.3 Å².